The molecular formula is C24H19ClO5. The molecule has 30 heavy (non-hydrogen) atoms. The highest BCUT2D eigenvalue weighted by atomic mass is 35.5. The van der Waals surface area contributed by atoms with Crippen LogP contribution < -0.4 is 4.74 Å². The molecule has 3 aromatic rings. The number of rotatable bonds is 7. The monoisotopic (exact) mass is 422 g/mol. The van der Waals surface area contributed by atoms with E-state index in [1.807, 2.05) is 19.1 Å². The molecular weight excluding hydrogens is 404 g/mol. The number of ketones is 1. The molecule has 0 aliphatic rings. The summed E-state index contributed by atoms with van der Waals surface area (Å²) >= 11 is 5.81. The molecule has 0 spiro atoms. The number of aryl methyl sites for hydroxylation is 1. The van der Waals surface area contributed by atoms with E-state index in [4.69, 9.17) is 21.1 Å². The van der Waals surface area contributed by atoms with E-state index in [2.05, 4.69) is 0 Å². The maximum Gasteiger partial charge on any atom is 0.343 e. The molecule has 0 saturated carbocycles. The maximum absolute atomic E-state index is 12.2. The number of halogens is 1. The molecule has 0 heterocycles. The average molecular weight is 423 g/mol. The van der Waals surface area contributed by atoms with E-state index in [1.165, 1.54) is 24.3 Å². The Morgan fingerprint density at radius 3 is 2.03 bits per heavy atom. The molecule has 3 rings (SSSR count). The summed E-state index contributed by atoms with van der Waals surface area (Å²) in [6, 6.07) is 19.9. The minimum atomic E-state index is -0.505. The summed E-state index contributed by atoms with van der Waals surface area (Å²) in [6.07, 6.45) is 0.0539. The van der Waals surface area contributed by atoms with Crippen molar-refractivity contribution in [1.82, 2.24) is 0 Å². The van der Waals surface area contributed by atoms with Gasteiger partial charge in [-0.2, -0.15) is 0 Å². The lowest BCUT2D eigenvalue weighted by Gasteiger charge is -2.07. The first-order valence-electron chi connectivity index (χ1n) is 9.23. The summed E-state index contributed by atoms with van der Waals surface area (Å²) < 4.78 is 10.4. The predicted octanol–water partition coefficient (Wildman–Crippen LogP) is 4.84. The first-order chi connectivity index (χ1) is 14.4. The SMILES string of the molecule is Cc1ccc(C(=O)Oc2ccc(C(=O)COC(=O)Cc3ccc(Cl)cc3)cc2)cc1. The lowest BCUT2D eigenvalue weighted by Crippen LogP contribution is -2.15. The molecule has 0 amide bonds. The van der Waals surface area contributed by atoms with E-state index in [-0.39, 0.29) is 18.8 Å². The van der Waals surface area contributed by atoms with Gasteiger partial charge in [-0.1, -0.05) is 41.4 Å². The van der Waals surface area contributed by atoms with Crippen LogP contribution in [0.1, 0.15) is 31.8 Å². The van der Waals surface area contributed by atoms with Crippen LogP contribution in [0.3, 0.4) is 0 Å². The highest BCUT2D eigenvalue weighted by Crippen LogP contribution is 2.16. The van der Waals surface area contributed by atoms with Crippen molar-refractivity contribution in [3.63, 3.8) is 0 Å². The van der Waals surface area contributed by atoms with Gasteiger partial charge in [0.1, 0.15) is 5.75 Å². The van der Waals surface area contributed by atoms with Crippen LogP contribution in [0.2, 0.25) is 5.02 Å². The lowest BCUT2D eigenvalue weighted by molar-refractivity contribution is -0.141. The van der Waals surface area contributed by atoms with Gasteiger partial charge in [0.05, 0.1) is 12.0 Å². The van der Waals surface area contributed by atoms with Crippen molar-refractivity contribution in [2.24, 2.45) is 0 Å². The van der Waals surface area contributed by atoms with Gasteiger partial charge in [0.15, 0.2) is 12.4 Å². The van der Waals surface area contributed by atoms with Crippen LogP contribution in [-0.4, -0.2) is 24.3 Å². The van der Waals surface area contributed by atoms with E-state index in [1.54, 1.807) is 36.4 Å². The molecule has 3 aromatic carbocycles. The Balaban J connectivity index is 1.50. The second kappa shape index (κ2) is 9.85. The third-order valence-electron chi connectivity index (χ3n) is 4.30. The highest BCUT2D eigenvalue weighted by Gasteiger charge is 2.12. The van der Waals surface area contributed by atoms with E-state index >= 15 is 0 Å². The summed E-state index contributed by atoms with van der Waals surface area (Å²) in [6.45, 7) is 1.56. The normalized spacial score (nSPS) is 10.3. The van der Waals surface area contributed by atoms with Crippen LogP contribution in [0.4, 0.5) is 0 Å². The van der Waals surface area contributed by atoms with Gasteiger partial charge in [-0.3, -0.25) is 9.59 Å². The van der Waals surface area contributed by atoms with Crippen LogP contribution in [0.15, 0.2) is 72.8 Å². The van der Waals surface area contributed by atoms with Crippen molar-refractivity contribution in [3.05, 3.63) is 100 Å². The predicted molar refractivity (Wildman–Crippen MR) is 113 cm³/mol. The van der Waals surface area contributed by atoms with Crippen molar-refractivity contribution in [2.45, 2.75) is 13.3 Å². The van der Waals surface area contributed by atoms with Crippen molar-refractivity contribution >= 4 is 29.3 Å². The molecule has 0 unspecified atom stereocenters. The molecule has 0 saturated heterocycles. The third-order valence-corrected chi connectivity index (χ3v) is 4.55. The average Bonchev–Trinajstić information content (AvgIpc) is 2.74. The zero-order chi connectivity index (χ0) is 21.5. The Morgan fingerprint density at radius 2 is 1.40 bits per heavy atom. The first-order valence-corrected chi connectivity index (χ1v) is 9.61. The summed E-state index contributed by atoms with van der Waals surface area (Å²) in [5.41, 5.74) is 2.58. The number of carbonyl (C=O) groups excluding carboxylic acids is 3. The fourth-order valence-corrected chi connectivity index (χ4v) is 2.74. The first kappa shape index (κ1) is 21.3. The van der Waals surface area contributed by atoms with E-state index in [0.717, 1.165) is 11.1 Å². The van der Waals surface area contributed by atoms with Crippen LogP contribution in [0.25, 0.3) is 0 Å². The molecule has 0 N–H and O–H groups in total. The van der Waals surface area contributed by atoms with Gasteiger partial charge < -0.3 is 9.47 Å². The number of benzene rings is 3. The van der Waals surface area contributed by atoms with E-state index in [0.29, 0.717) is 21.9 Å². The summed E-state index contributed by atoms with van der Waals surface area (Å²) in [7, 11) is 0. The van der Waals surface area contributed by atoms with Gasteiger partial charge in [0, 0.05) is 10.6 Å². The van der Waals surface area contributed by atoms with Gasteiger partial charge >= 0.3 is 11.9 Å². The van der Waals surface area contributed by atoms with Crippen molar-refractivity contribution in [2.75, 3.05) is 6.61 Å². The standard InChI is InChI=1S/C24H19ClO5/c1-16-2-6-19(7-3-16)24(28)30-21-12-8-18(9-13-21)22(26)15-29-23(27)14-17-4-10-20(25)11-5-17/h2-13H,14-15H2,1H3. The number of hydrogen-bond acceptors (Lipinski definition) is 5. The quantitative estimate of drug-likeness (QED) is 0.309. The summed E-state index contributed by atoms with van der Waals surface area (Å²) in [5, 5.41) is 0.579. The minimum Gasteiger partial charge on any atom is -0.457 e. The van der Waals surface area contributed by atoms with Crippen LogP contribution >= 0.6 is 11.6 Å². The molecule has 5 nitrogen and oxygen atoms in total. The molecule has 0 aliphatic carbocycles. The summed E-state index contributed by atoms with van der Waals surface area (Å²) in [4.78, 5) is 36.3. The minimum absolute atomic E-state index is 0.0539. The Hall–Kier alpha value is -3.44. The van der Waals surface area contributed by atoms with Gasteiger partial charge in [0.25, 0.3) is 0 Å². The number of ether oxygens (including phenoxy) is 2. The number of esters is 2. The van der Waals surface area contributed by atoms with Crippen LogP contribution in [-0.2, 0) is 16.0 Å². The zero-order valence-corrected chi connectivity index (χ0v) is 17.0. The van der Waals surface area contributed by atoms with Crippen molar-refractivity contribution in [1.29, 1.82) is 0 Å². The Morgan fingerprint density at radius 1 is 0.800 bits per heavy atom. The Labute approximate surface area is 179 Å². The van der Waals surface area contributed by atoms with Crippen molar-refractivity contribution < 1.29 is 23.9 Å². The lowest BCUT2D eigenvalue weighted by atomic mass is 10.1. The Kier molecular flexibility index (Phi) is 6.99. The van der Waals surface area contributed by atoms with Gasteiger partial charge in [0.2, 0.25) is 0 Å². The number of Topliss-reactive ketones (excluding diaryl/α,β-unsaturated/α-hetero) is 1. The largest absolute Gasteiger partial charge is 0.457 e. The number of hydrogen-bond donors (Lipinski definition) is 0. The third kappa shape index (κ3) is 6.03. The highest BCUT2D eigenvalue weighted by molar-refractivity contribution is 6.30. The molecule has 0 aromatic heterocycles. The molecule has 0 bridgehead atoms. The van der Waals surface area contributed by atoms with Gasteiger partial charge in [-0.25, -0.2) is 4.79 Å². The molecule has 0 atom stereocenters. The fourth-order valence-electron chi connectivity index (χ4n) is 2.61. The Bertz CT molecular complexity index is 1040. The van der Waals surface area contributed by atoms with Crippen LogP contribution in [0.5, 0.6) is 5.75 Å². The van der Waals surface area contributed by atoms with E-state index in [9.17, 15) is 14.4 Å². The van der Waals surface area contributed by atoms with E-state index < -0.39 is 11.9 Å². The summed E-state index contributed by atoms with van der Waals surface area (Å²) in [5.74, 6) is -1.02. The number of carbonyl (C=O) groups is 3. The van der Waals surface area contributed by atoms with Gasteiger partial charge in [-0.05, 0) is 61.0 Å². The van der Waals surface area contributed by atoms with Crippen LogP contribution in [0, 0.1) is 6.92 Å². The smallest absolute Gasteiger partial charge is 0.343 e. The fraction of sp³-hybridized carbons (Fsp3) is 0.125. The molecule has 0 radical (unpaired) electrons. The van der Waals surface area contributed by atoms with Crippen molar-refractivity contribution in [3.8, 4) is 5.75 Å². The molecule has 0 aliphatic heterocycles. The molecule has 152 valence electrons. The second-order valence-electron chi connectivity index (χ2n) is 6.67. The van der Waals surface area contributed by atoms with Gasteiger partial charge in [-0.15, -0.1) is 0 Å². The molecule has 6 heteroatoms. The zero-order valence-electron chi connectivity index (χ0n) is 16.3. The topological polar surface area (TPSA) is 69.7 Å². The second-order valence-corrected chi connectivity index (χ2v) is 7.10. The maximum atomic E-state index is 12.2. The molecule has 0 fully saturated rings.